The molecule has 1 amide bonds. The van der Waals surface area contributed by atoms with E-state index in [1.807, 2.05) is 42.9 Å². The average Bonchev–Trinajstić information content (AvgIpc) is 3.29. The van der Waals surface area contributed by atoms with Crippen LogP contribution in [0.1, 0.15) is 5.56 Å². The maximum atomic E-state index is 11.3. The highest BCUT2D eigenvalue weighted by molar-refractivity contribution is 6.07. The summed E-state index contributed by atoms with van der Waals surface area (Å²) in [4.78, 5) is 23.8. The number of ether oxygens (including phenoxy) is 1. The van der Waals surface area contributed by atoms with Crippen molar-refractivity contribution < 1.29 is 9.53 Å². The van der Waals surface area contributed by atoms with Crippen molar-refractivity contribution in [1.82, 2.24) is 24.8 Å². The molecule has 0 aliphatic carbocycles. The number of carbonyl (C=O) groups excluding carboxylic acids is 1. The third-order valence-electron chi connectivity index (χ3n) is 4.49. The number of nitrogens with zero attached hydrogens (tertiary/aromatic N) is 3. The summed E-state index contributed by atoms with van der Waals surface area (Å²) < 4.78 is 7.12. The van der Waals surface area contributed by atoms with E-state index in [4.69, 9.17) is 4.74 Å². The van der Waals surface area contributed by atoms with E-state index in [1.165, 1.54) is 7.05 Å². The highest BCUT2D eigenvalue weighted by Gasteiger charge is 2.15. The molecule has 0 bridgehead atoms. The lowest BCUT2D eigenvalue weighted by molar-refractivity contribution is 0.142. The minimum Gasteiger partial charge on any atom is -0.445 e. The number of fused-ring (bicyclic) bond motifs is 3. The first-order valence-corrected chi connectivity index (χ1v) is 8.56. The Kier molecular flexibility index (Phi) is 4.15. The van der Waals surface area contributed by atoms with Crippen LogP contribution in [0.4, 0.5) is 10.6 Å². The Hall–Kier alpha value is -3.55. The van der Waals surface area contributed by atoms with E-state index in [9.17, 15) is 4.79 Å². The molecule has 0 saturated heterocycles. The van der Waals surface area contributed by atoms with Gasteiger partial charge in [0.2, 0.25) is 0 Å². The second kappa shape index (κ2) is 6.64. The Morgan fingerprint density at radius 2 is 2.15 bits per heavy atom. The molecule has 4 rings (SSSR count). The largest absolute Gasteiger partial charge is 0.445 e. The van der Waals surface area contributed by atoms with Crippen LogP contribution in [0.3, 0.4) is 0 Å². The Morgan fingerprint density at radius 1 is 1.30 bits per heavy atom. The van der Waals surface area contributed by atoms with Crippen LogP contribution in [-0.2, 0) is 18.4 Å². The van der Waals surface area contributed by atoms with Gasteiger partial charge in [0.1, 0.15) is 17.8 Å². The van der Waals surface area contributed by atoms with E-state index >= 15 is 0 Å². The smallest absolute Gasteiger partial charge is 0.407 e. The first kappa shape index (κ1) is 16.9. The topological polar surface area (TPSA) is 96.9 Å². The van der Waals surface area contributed by atoms with E-state index in [-0.39, 0.29) is 6.61 Å². The van der Waals surface area contributed by atoms with E-state index in [2.05, 4.69) is 31.7 Å². The number of aryl methyl sites for hydroxylation is 1. The van der Waals surface area contributed by atoms with Crippen molar-refractivity contribution in [1.29, 1.82) is 0 Å². The lowest BCUT2D eigenvalue weighted by atomic mass is 10.1. The lowest BCUT2D eigenvalue weighted by Crippen LogP contribution is -2.18. The van der Waals surface area contributed by atoms with Crippen LogP contribution in [0, 0.1) is 0 Å². The summed E-state index contributed by atoms with van der Waals surface area (Å²) in [5.41, 5.74) is 5.49. The van der Waals surface area contributed by atoms with Crippen molar-refractivity contribution in [3.8, 4) is 11.3 Å². The number of benzene rings is 1. The van der Waals surface area contributed by atoms with Crippen LogP contribution in [-0.4, -0.2) is 39.7 Å². The fourth-order valence-corrected chi connectivity index (χ4v) is 3.18. The number of anilines is 1. The molecule has 3 N–H and O–H groups in total. The van der Waals surface area contributed by atoms with E-state index in [1.54, 1.807) is 6.33 Å². The van der Waals surface area contributed by atoms with Gasteiger partial charge in [0, 0.05) is 32.2 Å². The van der Waals surface area contributed by atoms with Crippen LogP contribution in [0.5, 0.6) is 0 Å². The Balaban J connectivity index is 1.77. The van der Waals surface area contributed by atoms with Gasteiger partial charge in [0.05, 0.1) is 11.8 Å². The Labute approximate surface area is 155 Å². The minimum absolute atomic E-state index is 0.210. The first-order valence-electron chi connectivity index (χ1n) is 8.56. The molecule has 138 valence electrons. The van der Waals surface area contributed by atoms with Gasteiger partial charge >= 0.3 is 6.09 Å². The molecule has 0 unspecified atom stereocenters. The summed E-state index contributed by atoms with van der Waals surface area (Å²) in [5, 5.41) is 6.55. The van der Waals surface area contributed by atoms with Gasteiger partial charge < -0.3 is 24.9 Å². The van der Waals surface area contributed by atoms with Gasteiger partial charge in [-0.1, -0.05) is 18.2 Å². The molecular formula is C19H20N6O2. The summed E-state index contributed by atoms with van der Waals surface area (Å²) in [7, 11) is 5.34. The summed E-state index contributed by atoms with van der Waals surface area (Å²) in [6.45, 7) is 0.210. The van der Waals surface area contributed by atoms with Crippen molar-refractivity contribution in [3.05, 3.63) is 42.2 Å². The van der Waals surface area contributed by atoms with Crippen LogP contribution in [0.25, 0.3) is 33.3 Å². The second-order valence-corrected chi connectivity index (χ2v) is 6.23. The third kappa shape index (κ3) is 2.95. The SMILES string of the molecule is CNC(=O)OCc1cccc(-c2cc3c(nc(NC)c4ncn(C)c43)[nH]2)c1. The normalized spacial score (nSPS) is 11.1. The molecule has 0 aliphatic rings. The fraction of sp³-hybridized carbons (Fsp3) is 0.211. The average molecular weight is 364 g/mol. The van der Waals surface area contributed by atoms with E-state index in [0.717, 1.165) is 44.7 Å². The van der Waals surface area contributed by atoms with Crippen molar-refractivity contribution >= 4 is 34.0 Å². The first-order chi connectivity index (χ1) is 13.1. The maximum Gasteiger partial charge on any atom is 0.407 e. The maximum absolute atomic E-state index is 11.3. The van der Waals surface area contributed by atoms with Crippen molar-refractivity contribution in [2.45, 2.75) is 6.61 Å². The number of hydrogen-bond acceptors (Lipinski definition) is 5. The lowest BCUT2D eigenvalue weighted by Gasteiger charge is -2.05. The molecule has 3 aromatic heterocycles. The Bertz CT molecular complexity index is 1140. The number of imidazole rings is 1. The standard InChI is InChI=1S/C19H20N6O2/c1-20-18-15-16(25(3)10-22-15)13-8-14(23-17(13)24-18)12-6-4-5-11(7-12)9-27-19(26)21-2/h4-8,10H,9H2,1-3H3,(H,21,26)(H2,20,23,24). The number of carbonyl (C=O) groups is 1. The fourth-order valence-electron chi connectivity index (χ4n) is 3.18. The van der Waals surface area contributed by atoms with E-state index in [0.29, 0.717) is 0 Å². The monoisotopic (exact) mass is 364 g/mol. The van der Waals surface area contributed by atoms with Crippen molar-refractivity contribution in [2.75, 3.05) is 19.4 Å². The number of H-pyrrole nitrogens is 1. The molecule has 0 atom stereocenters. The molecule has 0 saturated carbocycles. The van der Waals surface area contributed by atoms with E-state index < -0.39 is 6.09 Å². The molecule has 1 aromatic carbocycles. The van der Waals surface area contributed by atoms with Gasteiger partial charge in [-0.05, 0) is 23.3 Å². The minimum atomic E-state index is -0.451. The van der Waals surface area contributed by atoms with Gasteiger partial charge in [-0.3, -0.25) is 0 Å². The van der Waals surface area contributed by atoms with Crippen LogP contribution < -0.4 is 10.6 Å². The number of pyridine rings is 1. The van der Waals surface area contributed by atoms with Crippen LogP contribution in [0.2, 0.25) is 0 Å². The van der Waals surface area contributed by atoms with Crippen LogP contribution in [0.15, 0.2) is 36.7 Å². The number of hydrogen-bond donors (Lipinski definition) is 3. The summed E-state index contributed by atoms with van der Waals surface area (Å²) >= 11 is 0. The molecule has 0 fully saturated rings. The quantitative estimate of drug-likeness (QED) is 0.517. The van der Waals surface area contributed by atoms with Crippen molar-refractivity contribution in [2.24, 2.45) is 7.05 Å². The predicted octanol–water partition coefficient (Wildman–Crippen LogP) is 3.01. The molecule has 0 spiro atoms. The zero-order chi connectivity index (χ0) is 19.0. The van der Waals surface area contributed by atoms with Gasteiger partial charge in [0.25, 0.3) is 0 Å². The van der Waals surface area contributed by atoms with Crippen LogP contribution >= 0.6 is 0 Å². The number of aromatic amines is 1. The Morgan fingerprint density at radius 3 is 2.93 bits per heavy atom. The molecule has 0 aliphatic heterocycles. The highest BCUT2D eigenvalue weighted by atomic mass is 16.5. The number of amides is 1. The predicted molar refractivity (Wildman–Crippen MR) is 105 cm³/mol. The summed E-state index contributed by atoms with van der Waals surface area (Å²) in [6.07, 6.45) is 1.34. The molecule has 8 nitrogen and oxygen atoms in total. The molecule has 4 aromatic rings. The number of alkyl carbamates (subject to hydrolysis) is 1. The summed E-state index contributed by atoms with van der Waals surface area (Å²) in [5.74, 6) is 0.735. The molecule has 27 heavy (non-hydrogen) atoms. The number of rotatable bonds is 4. The second-order valence-electron chi connectivity index (χ2n) is 6.23. The zero-order valence-electron chi connectivity index (χ0n) is 15.3. The zero-order valence-corrected chi connectivity index (χ0v) is 15.3. The number of nitrogens with one attached hydrogen (secondary N) is 3. The van der Waals surface area contributed by atoms with Gasteiger partial charge in [0.15, 0.2) is 5.82 Å². The van der Waals surface area contributed by atoms with Gasteiger partial charge in [-0.15, -0.1) is 0 Å². The van der Waals surface area contributed by atoms with Gasteiger partial charge in [-0.2, -0.15) is 0 Å². The highest BCUT2D eigenvalue weighted by Crippen LogP contribution is 2.31. The molecule has 8 heteroatoms. The molecule has 0 radical (unpaired) electrons. The van der Waals surface area contributed by atoms with Crippen molar-refractivity contribution in [3.63, 3.8) is 0 Å². The summed E-state index contributed by atoms with van der Waals surface area (Å²) in [6, 6.07) is 9.94. The number of aromatic nitrogens is 4. The van der Waals surface area contributed by atoms with Gasteiger partial charge in [-0.25, -0.2) is 14.8 Å². The third-order valence-corrected chi connectivity index (χ3v) is 4.49. The molecule has 3 heterocycles. The molecular weight excluding hydrogens is 344 g/mol.